The number of benzene rings is 1. The van der Waals surface area contributed by atoms with E-state index >= 15 is 0 Å². The first-order chi connectivity index (χ1) is 13.7. The summed E-state index contributed by atoms with van der Waals surface area (Å²) in [5.74, 6) is -2.20. The maximum Gasteiger partial charge on any atom is 0.246 e. The van der Waals surface area contributed by atoms with Gasteiger partial charge in [0, 0.05) is 43.9 Å². The number of amides is 1. The molecule has 0 bridgehead atoms. The van der Waals surface area contributed by atoms with Gasteiger partial charge in [0.05, 0.1) is 4.88 Å². The highest BCUT2D eigenvalue weighted by Crippen LogP contribution is 2.22. The van der Waals surface area contributed by atoms with Gasteiger partial charge in [0.2, 0.25) is 15.9 Å². The van der Waals surface area contributed by atoms with Gasteiger partial charge in [-0.3, -0.25) is 9.59 Å². The molecule has 1 fully saturated rings. The average Bonchev–Trinajstić information content (AvgIpc) is 3.14. The summed E-state index contributed by atoms with van der Waals surface area (Å²) in [7, 11) is -4.20. The molecule has 0 atom stereocenters. The number of Topliss-reactive ketones (excluding diaryl/α,β-unsaturated/α-hetero) is 1. The Morgan fingerprint density at radius 3 is 2.34 bits per heavy atom. The minimum Gasteiger partial charge on any atom is -0.340 e. The standard InChI is InChI=1S/C19H20F2N2O4S2/c1-13-2-6-17(28-13)16(24)5-7-19(25)22-8-10-23(11-9-22)29(26,27)18-12-14(20)3-4-15(18)21/h2-4,6,12H,5,7-11H2,1H3. The zero-order chi connectivity index (χ0) is 21.2. The molecule has 0 aliphatic carbocycles. The fourth-order valence-electron chi connectivity index (χ4n) is 3.08. The van der Waals surface area contributed by atoms with Gasteiger partial charge in [-0.15, -0.1) is 11.3 Å². The van der Waals surface area contributed by atoms with Crippen LogP contribution in [0, 0.1) is 18.6 Å². The van der Waals surface area contributed by atoms with Crippen LogP contribution in [0.15, 0.2) is 35.2 Å². The summed E-state index contributed by atoms with van der Waals surface area (Å²) in [6.45, 7) is 2.10. The molecule has 6 nitrogen and oxygen atoms in total. The number of rotatable bonds is 6. The largest absolute Gasteiger partial charge is 0.340 e. The van der Waals surface area contributed by atoms with Crippen molar-refractivity contribution < 1.29 is 26.8 Å². The number of piperazine rings is 1. The maximum absolute atomic E-state index is 13.9. The number of ketones is 1. The molecule has 0 spiro atoms. The van der Waals surface area contributed by atoms with Crippen LogP contribution in [-0.2, 0) is 14.8 Å². The third-order valence-electron chi connectivity index (χ3n) is 4.68. The maximum atomic E-state index is 13.9. The molecular weight excluding hydrogens is 422 g/mol. The smallest absolute Gasteiger partial charge is 0.246 e. The summed E-state index contributed by atoms with van der Waals surface area (Å²) in [6, 6.07) is 5.86. The van der Waals surface area contributed by atoms with Crippen molar-refractivity contribution in [2.24, 2.45) is 0 Å². The van der Waals surface area contributed by atoms with Crippen LogP contribution >= 0.6 is 11.3 Å². The Hall–Kier alpha value is -2.17. The molecule has 3 rings (SSSR count). The summed E-state index contributed by atoms with van der Waals surface area (Å²) in [5, 5.41) is 0. The van der Waals surface area contributed by atoms with Crippen LogP contribution < -0.4 is 0 Å². The lowest BCUT2D eigenvalue weighted by Crippen LogP contribution is -2.50. The molecule has 2 heterocycles. The predicted molar refractivity (Wildman–Crippen MR) is 104 cm³/mol. The molecule has 2 aromatic rings. The van der Waals surface area contributed by atoms with Gasteiger partial charge < -0.3 is 4.90 Å². The van der Waals surface area contributed by atoms with Crippen molar-refractivity contribution in [2.75, 3.05) is 26.2 Å². The number of aryl methyl sites for hydroxylation is 1. The number of sulfonamides is 1. The van der Waals surface area contributed by atoms with Gasteiger partial charge in [-0.1, -0.05) is 0 Å². The van der Waals surface area contributed by atoms with Gasteiger partial charge in [-0.2, -0.15) is 4.31 Å². The van der Waals surface area contributed by atoms with Gasteiger partial charge in [0.25, 0.3) is 0 Å². The van der Waals surface area contributed by atoms with Crippen molar-refractivity contribution in [1.29, 1.82) is 0 Å². The molecule has 0 radical (unpaired) electrons. The second-order valence-electron chi connectivity index (χ2n) is 6.69. The highest BCUT2D eigenvalue weighted by molar-refractivity contribution is 7.89. The highest BCUT2D eigenvalue weighted by atomic mass is 32.2. The fraction of sp³-hybridized carbons (Fsp3) is 0.368. The van der Waals surface area contributed by atoms with E-state index in [2.05, 4.69) is 0 Å². The fourth-order valence-corrected chi connectivity index (χ4v) is 5.41. The number of halogens is 2. The van der Waals surface area contributed by atoms with Gasteiger partial charge in [0.15, 0.2) is 5.78 Å². The zero-order valence-corrected chi connectivity index (χ0v) is 17.4. The minimum atomic E-state index is -4.20. The third-order valence-corrected chi connectivity index (χ3v) is 7.64. The Kier molecular flexibility index (Phi) is 6.45. The second-order valence-corrected chi connectivity index (χ2v) is 9.89. The van der Waals surface area contributed by atoms with Crippen LogP contribution in [0.5, 0.6) is 0 Å². The topological polar surface area (TPSA) is 74.8 Å². The lowest BCUT2D eigenvalue weighted by Gasteiger charge is -2.34. The molecule has 0 unspecified atom stereocenters. The Morgan fingerprint density at radius 1 is 1.03 bits per heavy atom. The lowest BCUT2D eigenvalue weighted by atomic mass is 10.1. The molecule has 1 aromatic heterocycles. The molecule has 156 valence electrons. The van der Waals surface area contributed by atoms with E-state index in [0.717, 1.165) is 21.3 Å². The Morgan fingerprint density at radius 2 is 1.72 bits per heavy atom. The first-order valence-corrected chi connectivity index (χ1v) is 11.3. The van der Waals surface area contributed by atoms with Gasteiger partial charge >= 0.3 is 0 Å². The van der Waals surface area contributed by atoms with Gasteiger partial charge in [0.1, 0.15) is 16.5 Å². The first-order valence-electron chi connectivity index (χ1n) is 9.01. The van der Waals surface area contributed by atoms with Crippen LogP contribution in [0.2, 0.25) is 0 Å². The molecule has 1 aliphatic heterocycles. The Labute approximate surface area is 171 Å². The molecule has 0 saturated carbocycles. The number of carbonyl (C=O) groups excluding carboxylic acids is 2. The highest BCUT2D eigenvalue weighted by Gasteiger charge is 2.32. The van der Waals surface area contributed by atoms with E-state index in [0.29, 0.717) is 10.9 Å². The van der Waals surface area contributed by atoms with Crippen LogP contribution in [-0.4, -0.2) is 55.5 Å². The van der Waals surface area contributed by atoms with Crippen molar-refractivity contribution in [1.82, 2.24) is 9.21 Å². The lowest BCUT2D eigenvalue weighted by molar-refractivity contribution is -0.132. The van der Waals surface area contributed by atoms with E-state index in [4.69, 9.17) is 0 Å². The number of carbonyl (C=O) groups is 2. The second kappa shape index (κ2) is 8.68. The van der Waals surface area contributed by atoms with E-state index in [-0.39, 0.29) is 50.7 Å². The summed E-state index contributed by atoms with van der Waals surface area (Å²) in [5.41, 5.74) is 0. The summed E-state index contributed by atoms with van der Waals surface area (Å²) in [6.07, 6.45) is 0.132. The monoisotopic (exact) mass is 442 g/mol. The van der Waals surface area contributed by atoms with Crippen LogP contribution in [0.1, 0.15) is 27.4 Å². The molecule has 29 heavy (non-hydrogen) atoms. The molecule has 10 heteroatoms. The predicted octanol–water partition coefficient (Wildman–Crippen LogP) is 2.83. The van der Waals surface area contributed by atoms with E-state index in [1.54, 1.807) is 6.07 Å². The van der Waals surface area contributed by atoms with Crippen molar-refractivity contribution in [2.45, 2.75) is 24.7 Å². The number of hydrogen-bond acceptors (Lipinski definition) is 5. The number of nitrogens with zero attached hydrogens (tertiary/aromatic N) is 2. The van der Waals surface area contributed by atoms with Crippen molar-refractivity contribution >= 4 is 33.1 Å². The number of thiophene rings is 1. The normalized spacial score (nSPS) is 15.5. The Bertz CT molecular complexity index is 1030. The van der Waals surface area contributed by atoms with Crippen molar-refractivity contribution in [3.05, 3.63) is 51.7 Å². The third kappa shape index (κ3) is 4.88. The van der Waals surface area contributed by atoms with Gasteiger partial charge in [-0.05, 0) is 37.3 Å². The van der Waals surface area contributed by atoms with Crippen molar-refractivity contribution in [3.8, 4) is 0 Å². The van der Waals surface area contributed by atoms with Crippen molar-refractivity contribution in [3.63, 3.8) is 0 Å². The van der Waals surface area contributed by atoms with E-state index in [9.17, 15) is 26.8 Å². The van der Waals surface area contributed by atoms with E-state index < -0.39 is 26.6 Å². The van der Waals surface area contributed by atoms with E-state index in [1.807, 2.05) is 13.0 Å². The molecule has 1 saturated heterocycles. The quantitative estimate of drug-likeness (QED) is 0.645. The summed E-state index contributed by atoms with van der Waals surface area (Å²) >= 11 is 1.38. The van der Waals surface area contributed by atoms with Gasteiger partial charge in [-0.25, -0.2) is 17.2 Å². The molecular formula is C19H20F2N2O4S2. The van der Waals surface area contributed by atoms with Crippen LogP contribution in [0.25, 0.3) is 0 Å². The molecule has 1 amide bonds. The average molecular weight is 443 g/mol. The molecule has 0 N–H and O–H groups in total. The molecule has 1 aliphatic rings. The SMILES string of the molecule is Cc1ccc(C(=O)CCC(=O)N2CCN(S(=O)(=O)c3cc(F)ccc3F)CC2)s1. The number of hydrogen-bond donors (Lipinski definition) is 0. The zero-order valence-electron chi connectivity index (χ0n) is 15.7. The minimum absolute atomic E-state index is 0.0257. The van der Waals surface area contributed by atoms with Crippen LogP contribution in [0.3, 0.4) is 0 Å². The van der Waals surface area contributed by atoms with E-state index in [1.165, 1.54) is 16.2 Å². The summed E-state index contributed by atoms with van der Waals surface area (Å²) < 4.78 is 53.4. The van der Waals surface area contributed by atoms with Crippen LogP contribution in [0.4, 0.5) is 8.78 Å². The Balaban J connectivity index is 1.56. The summed E-state index contributed by atoms with van der Waals surface area (Å²) in [4.78, 5) is 26.9. The first kappa shape index (κ1) is 21.5. The molecule has 1 aromatic carbocycles.